The van der Waals surface area contributed by atoms with E-state index in [0.717, 1.165) is 35.3 Å². The molecule has 3 aromatic rings. The number of aromatic amines is 1. The summed E-state index contributed by atoms with van der Waals surface area (Å²) in [6.07, 6.45) is -2.88. The van der Waals surface area contributed by atoms with Crippen LogP contribution in [0.3, 0.4) is 0 Å². The van der Waals surface area contributed by atoms with Gasteiger partial charge >= 0.3 is 6.36 Å². The Morgan fingerprint density at radius 1 is 1.07 bits per heavy atom. The van der Waals surface area contributed by atoms with E-state index in [4.69, 9.17) is 0 Å². The molecule has 5 nitrogen and oxygen atoms in total. The summed E-state index contributed by atoms with van der Waals surface area (Å²) in [5.74, 6) is -0.910. The lowest BCUT2D eigenvalue weighted by Gasteiger charge is -2.10. The summed E-state index contributed by atoms with van der Waals surface area (Å²) >= 11 is 0. The predicted molar refractivity (Wildman–Crippen MR) is 90.3 cm³/mol. The summed E-state index contributed by atoms with van der Waals surface area (Å²) in [6.45, 7) is 0.0343. The van der Waals surface area contributed by atoms with Crippen molar-refractivity contribution in [3.63, 3.8) is 0 Å². The molecule has 144 valence electrons. The van der Waals surface area contributed by atoms with Crippen LogP contribution < -0.4 is 9.46 Å². The van der Waals surface area contributed by atoms with Crippen molar-refractivity contribution in [1.82, 2.24) is 9.71 Å². The van der Waals surface area contributed by atoms with E-state index in [0.29, 0.717) is 11.8 Å². The summed E-state index contributed by atoms with van der Waals surface area (Å²) in [7, 11) is -3.91. The van der Waals surface area contributed by atoms with Crippen molar-refractivity contribution in [3.8, 4) is 5.75 Å². The van der Waals surface area contributed by atoms with Gasteiger partial charge in [-0.05, 0) is 54.4 Å². The number of fused-ring (bicyclic) bond motifs is 1. The van der Waals surface area contributed by atoms with Crippen molar-refractivity contribution in [2.45, 2.75) is 17.7 Å². The molecule has 0 spiro atoms. The number of sulfonamides is 1. The third-order valence-corrected chi connectivity index (χ3v) is 5.26. The molecule has 0 amide bonds. The van der Waals surface area contributed by atoms with Gasteiger partial charge in [0.05, 0.1) is 4.90 Å². The monoisotopic (exact) mass is 402 g/mol. The normalized spacial score (nSPS) is 12.4. The standard InChI is InChI=1S/C17H14F4N2O3S/c18-12-1-6-16-15(9-12)11(10-22-16)7-8-23-27(24,25)14-4-2-13(3-5-14)26-17(19,20)21/h1-6,9-10,22-23H,7-8H2. The molecule has 1 aromatic heterocycles. The third kappa shape index (κ3) is 4.77. The van der Waals surface area contributed by atoms with Crippen LogP contribution in [-0.4, -0.2) is 26.3 Å². The molecule has 0 aliphatic carbocycles. The van der Waals surface area contributed by atoms with Crippen LogP contribution in [0.1, 0.15) is 5.56 Å². The highest BCUT2D eigenvalue weighted by Crippen LogP contribution is 2.24. The average molecular weight is 402 g/mol. The molecule has 10 heteroatoms. The smallest absolute Gasteiger partial charge is 0.406 e. The largest absolute Gasteiger partial charge is 0.573 e. The van der Waals surface area contributed by atoms with Gasteiger partial charge in [0.25, 0.3) is 0 Å². The zero-order valence-corrected chi connectivity index (χ0v) is 14.5. The van der Waals surface area contributed by atoms with Gasteiger partial charge in [-0.15, -0.1) is 13.2 Å². The van der Waals surface area contributed by atoms with E-state index in [-0.39, 0.29) is 11.4 Å². The average Bonchev–Trinajstić information content (AvgIpc) is 2.96. The van der Waals surface area contributed by atoms with E-state index in [1.807, 2.05) is 0 Å². The Hall–Kier alpha value is -2.59. The lowest BCUT2D eigenvalue weighted by Crippen LogP contribution is -2.26. The van der Waals surface area contributed by atoms with Crippen molar-refractivity contribution in [3.05, 3.63) is 60.0 Å². The molecule has 0 atom stereocenters. The molecule has 2 N–H and O–H groups in total. The van der Waals surface area contributed by atoms with E-state index in [9.17, 15) is 26.0 Å². The first-order chi connectivity index (χ1) is 12.6. The Bertz CT molecular complexity index is 1040. The van der Waals surface area contributed by atoms with Gasteiger partial charge in [0, 0.05) is 23.6 Å². The van der Waals surface area contributed by atoms with Crippen molar-refractivity contribution in [2.24, 2.45) is 0 Å². The number of hydrogen-bond donors (Lipinski definition) is 2. The molecule has 1 heterocycles. The zero-order valence-electron chi connectivity index (χ0n) is 13.7. The summed E-state index contributed by atoms with van der Waals surface area (Å²) in [4.78, 5) is 2.78. The molecule has 3 rings (SSSR count). The first-order valence-electron chi connectivity index (χ1n) is 7.75. The summed E-state index contributed by atoms with van der Waals surface area (Å²) in [5, 5.41) is 0.655. The number of nitrogens with one attached hydrogen (secondary N) is 2. The molecule has 0 saturated carbocycles. The fourth-order valence-corrected chi connectivity index (χ4v) is 3.61. The molecule has 0 unspecified atom stereocenters. The molecule has 2 aromatic carbocycles. The van der Waals surface area contributed by atoms with Crippen molar-refractivity contribution < 1.29 is 30.7 Å². The summed E-state index contributed by atoms with van der Waals surface area (Å²) in [5.41, 5.74) is 1.47. The minimum atomic E-state index is -4.85. The SMILES string of the molecule is O=S(=O)(NCCc1c[nH]c2ccc(F)cc12)c1ccc(OC(F)(F)F)cc1. The Morgan fingerprint density at radius 3 is 2.44 bits per heavy atom. The maximum atomic E-state index is 13.4. The number of aromatic nitrogens is 1. The van der Waals surface area contributed by atoms with Crippen LogP contribution in [0.5, 0.6) is 5.75 Å². The van der Waals surface area contributed by atoms with Crippen LogP contribution >= 0.6 is 0 Å². The molecule has 0 fully saturated rings. The van der Waals surface area contributed by atoms with Gasteiger partial charge in [-0.3, -0.25) is 0 Å². The van der Waals surface area contributed by atoms with Crippen LogP contribution in [0.4, 0.5) is 17.6 Å². The molecular formula is C17H14F4N2O3S. The second-order valence-electron chi connectivity index (χ2n) is 5.67. The number of alkyl halides is 3. The first kappa shape index (κ1) is 19.2. The molecule has 0 aliphatic rings. The van der Waals surface area contributed by atoms with Gasteiger partial charge in [0.15, 0.2) is 0 Å². The van der Waals surface area contributed by atoms with E-state index in [1.54, 1.807) is 12.3 Å². The molecule has 0 aliphatic heterocycles. The van der Waals surface area contributed by atoms with Crippen molar-refractivity contribution in [2.75, 3.05) is 6.54 Å². The highest BCUT2D eigenvalue weighted by atomic mass is 32.2. The number of halogens is 4. The van der Waals surface area contributed by atoms with Gasteiger partial charge in [-0.1, -0.05) is 0 Å². The summed E-state index contributed by atoms with van der Waals surface area (Å²) in [6, 6.07) is 8.14. The van der Waals surface area contributed by atoms with Crippen LogP contribution in [0.25, 0.3) is 10.9 Å². The van der Waals surface area contributed by atoms with Crippen LogP contribution in [-0.2, 0) is 16.4 Å². The van der Waals surface area contributed by atoms with Crippen LogP contribution in [0.2, 0.25) is 0 Å². The second-order valence-corrected chi connectivity index (χ2v) is 7.44. The van der Waals surface area contributed by atoms with Crippen LogP contribution in [0.15, 0.2) is 53.6 Å². The molecule has 27 heavy (non-hydrogen) atoms. The molecule has 0 bridgehead atoms. The highest BCUT2D eigenvalue weighted by molar-refractivity contribution is 7.89. The van der Waals surface area contributed by atoms with Gasteiger partial charge in [0.2, 0.25) is 10.0 Å². The lowest BCUT2D eigenvalue weighted by atomic mass is 10.1. The third-order valence-electron chi connectivity index (χ3n) is 3.78. The highest BCUT2D eigenvalue weighted by Gasteiger charge is 2.31. The first-order valence-corrected chi connectivity index (χ1v) is 9.23. The van der Waals surface area contributed by atoms with E-state index in [2.05, 4.69) is 14.4 Å². The van der Waals surface area contributed by atoms with Gasteiger partial charge in [-0.2, -0.15) is 0 Å². The topological polar surface area (TPSA) is 71.2 Å². The minimum Gasteiger partial charge on any atom is -0.406 e. The Balaban J connectivity index is 1.65. The van der Waals surface area contributed by atoms with E-state index in [1.165, 1.54) is 12.1 Å². The van der Waals surface area contributed by atoms with Gasteiger partial charge < -0.3 is 9.72 Å². The van der Waals surface area contributed by atoms with Gasteiger partial charge in [0.1, 0.15) is 11.6 Å². The molecular weight excluding hydrogens is 388 g/mol. The number of ether oxygens (including phenoxy) is 1. The lowest BCUT2D eigenvalue weighted by molar-refractivity contribution is -0.274. The second kappa shape index (κ2) is 7.20. The number of H-pyrrole nitrogens is 1. The fraction of sp³-hybridized carbons (Fsp3) is 0.176. The Morgan fingerprint density at radius 2 is 1.78 bits per heavy atom. The number of benzene rings is 2. The molecule has 0 radical (unpaired) electrons. The quantitative estimate of drug-likeness (QED) is 0.618. The summed E-state index contributed by atoms with van der Waals surface area (Å²) < 4.78 is 80.3. The molecule has 0 saturated heterocycles. The number of rotatable bonds is 6. The fourth-order valence-electron chi connectivity index (χ4n) is 2.58. The van der Waals surface area contributed by atoms with Gasteiger partial charge in [-0.25, -0.2) is 17.5 Å². The van der Waals surface area contributed by atoms with E-state index >= 15 is 0 Å². The van der Waals surface area contributed by atoms with Crippen LogP contribution in [0, 0.1) is 5.82 Å². The zero-order chi connectivity index (χ0) is 19.7. The predicted octanol–water partition coefficient (Wildman–Crippen LogP) is 3.73. The Kier molecular flexibility index (Phi) is 5.11. The maximum Gasteiger partial charge on any atom is 0.573 e. The van der Waals surface area contributed by atoms with Crippen molar-refractivity contribution >= 4 is 20.9 Å². The Labute approximate surface area is 152 Å². The maximum absolute atomic E-state index is 13.4. The van der Waals surface area contributed by atoms with Crippen molar-refractivity contribution in [1.29, 1.82) is 0 Å². The minimum absolute atomic E-state index is 0.0343. The number of hydrogen-bond acceptors (Lipinski definition) is 3. The van der Waals surface area contributed by atoms with E-state index < -0.39 is 28.0 Å².